The molecule has 1 aliphatic heterocycles. The zero-order valence-electron chi connectivity index (χ0n) is 18.9. The average molecular weight is 448 g/mol. The molecule has 0 unspecified atom stereocenters. The van der Waals surface area contributed by atoms with E-state index < -0.39 is 55.1 Å². The van der Waals surface area contributed by atoms with Crippen LogP contribution in [0.1, 0.15) is 60.5 Å². The number of hydrogen-bond acceptors (Lipinski definition) is 5. The molecule has 11 heteroatoms. The van der Waals surface area contributed by atoms with Crippen molar-refractivity contribution in [2.24, 2.45) is 0 Å². The summed E-state index contributed by atoms with van der Waals surface area (Å²) in [5.41, 5.74) is -1.77. The van der Waals surface area contributed by atoms with Gasteiger partial charge >= 0.3 is 19.4 Å². The highest BCUT2D eigenvalue weighted by atomic mass is 19.4. The van der Waals surface area contributed by atoms with Crippen molar-refractivity contribution in [3.05, 3.63) is 23.8 Å². The second kappa shape index (κ2) is 8.57. The molecule has 6 nitrogen and oxygen atoms in total. The molecule has 0 aliphatic carbocycles. The Morgan fingerprint density at radius 1 is 1.16 bits per heavy atom. The first-order valence-electron chi connectivity index (χ1n) is 9.95. The molecule has 0 radical (unpaired) electrons. The lowest BCUT2D eigenvalue weighted by Crippen LogP contribution is -2.42. The van der Waals surface area contributed by atoms with Gasteiger partial charge in [-0.15, -0.1) is 0 Å². The van der Waals surface area contributed by atoms with E-state index in [9.17, 15) is 22.4 Å². The first kappa shape index (κ1) is 25.4. The van der Waals surface area contributed by atoms with Crippen molar-refractivity contribution in [2.75, 3.05) is 6.54 Å². The Labute approximate surface area is 180 Å². The fourth-order valence-corrected chi connectivity index (χ4v) is 2.82. The Morgan fingerprint density at radius 2 is 1.71 bits per heavy atom. The van der Waals surface area contributed by atoms with E-state index in [2.05, 4.69) is 4.98 Å². The second-order valence-electron chi connectivity index (χ2n) is 9.56. The van der Waals surface area contributed by atoms with Gasteiger partial charge in [-0.25, -0.2) is 9.78 Å². The quantitative estimate of drug-likeness (QED) is 0.384. The Kier molecular flexibility index (Phi) is 7.02. The number of carbonyl (C=O) groups is 1. The molecule has 0 aromatic carbocycles. The summed E-state index contributed by atoms with van der Waals surface area (Å²) in [6.45, 7) is 11.2. The molecule has 1 fully saturated rings. The summed E-state index contributed by atoms with van der Waals surface area (Å²) in [4.78, 5) is 17.1. The minimum Gasteiger partial charge on any atom is -0.444 e. The minimum absolute atomic E-state index is 0.256. The van der Waals surface area contributed by atoms with Crippen molar-refractivity contribution < 1.29 is 36.4 Å². The molecule has 0 atom stereocenters. The van der Waals surface area contributed by atoms with Gasteiger partial charge in [0.05, 0.1) is 24.2 Å². The van der Waals surface area contributed by atoms with Crippen LogP contribution in [-0.4, -0.2) is 52.6 Å². The molecule has 0 spiro atoms. The normalized spacial score (nSPS) is 18.2. The summed E-state index contributed by atoms with van der Waals surface area (Å²) >= 11 is 0. The van der Waals surface area contributed by atoms with Crippen LogP contribution in [0.3, 0.4) is 0 Å². The third-order valence-corrected chi connectivity index (χ3v) is 5.17. The molecule has 1 amide bonds. The predicted molar refractivity (Wildman–Crippen MR) is 107 cm³/mol. The van der Waals surface area contributed by atoms with Crippen molar-refractivity contribution >= 4 is 18.7 Å². The number of pyridine rings is 1. The summed E-state index contributed by atoms with van der Waals surface area (Å²) in [7, 11) is -0.972. The van der Waals surface area contributed by atoms with Gasteiger partial charge in [-0.2, -0.15) is 17.6 Å². The van der Waals surface area contributed by atoms with E-state index in [4.69, 9.17) is 14.0 Å². The molecular weight excluding hydrogens is 419 g/mol. The van der Waals surface area contributed by atoms with Gasteiger partial charge in [-0.05, 0) is 65.6 Å². The second-order valence-corrected chi connectivity index (χ2v) is 9.56. The Bertz CT molecular complexity index is 793. The highest BCUT2D eigenvalue weighted by Gasteiger charge is 2.52. The number of alkyl halides is 3. The standard InChI is InChI=1S/C20H29BF4N2O4/c1-17(2,3)29-16(28)27(9-8-20(23,24)25)12-13-11-26-15(22)10-14(13)21-30-18(4,5)19(6,7)31-21/h10-11H,8-9,12H2,1-7H3. The molecule has 174 valence electrons. The van der Waals surface area contributed by atoms with E-state index in [0.717, 1.165) is 11.0 Å². The molecule has 1 aromatic heterocycles. The summed E-state index contributed by atoms with van der Waals surface area (Å²) in [6, 6.07) is 1.11. The highest BCUT2D eigenvalue weighted by molar-refractivity contribution is 6.62. The first-order valence-corrected chi connectivity index (χ1v) is 9.95. The summed E-state index contributed by atoms with van der Waals surface area (Å²) in [5.74, 6) is -0.799. The topological polar surface area (TPSA) is 60.9 Å². The summed E-state index contributed by atoms with van der Waals surface area (Å²) in [6.07, 6.45) is -5.43. The molecule has 31 heavy (non-hydrogen) atoms. The number of nitrogens with zero attached hydrogens (tertiary/aromatic N) is 2. The van der Waals surface area contributed by atoms with Gasteiger partial charge in [0.15, 0.2) is 0 Å². The smallest absolute Gasteiger partial charge is 0.444 e. The molecule has 0 saturated carbocycles. The maximum absolute atomic E-state index is 13.9. The monoisotopic (exact) mass is 448 g/mol. The van der Waals surface area contributed by atoms with Crippen LogP contribution < -0.4 is 5.46 Å². The fraction of sp³-hybridized carbons (Fsp3) is 0.700. The van der Waals surface area contributed by atoms with Crippen LogP contribution >= 0.6 is 0 Å². The SMILES string of the molecule is CC(C)(C)OC(=O)N(CCC(F)(F)F)Cc1cnc(F)cc1B1OC(C)(C)C(C)(C)O1. The molecule has 1 aliphatic rings. The van der Waals surface area contributed by atoms with Gasteiger partial charge in [0.2, 0.25) is 5.95 Å². The van der Waals surface area contributed by atoms with Crippen LogP contribution in [0.2, 0.25) is 0 Å². The summed E-state index contributed by atoms with van der Waals surface area (Å²) < 4.78 is 69.6. The summed E-state index contributed by atoms with van der Waals surface area (Å²) in [5, 5.41) is 0. The number of aromatic nitrogens is 1. The highest BCUT2D eigenvalue weighted by Crippen LogP contribution is 2.36. The van der Waals surface area contributed by atoms with Crippen LogP contribution in [0.4, 0.5) is 22.4 Å². The largest absolute Gasteiger partial charge is 0.495 e. The van der Waals surface area contributed by atoms with E-state index in [1.807, 2.05) is 27.7 Å². The third-order valence-electron chi connectivity index (χ3n) is 5.17. The Hall–Kier alpha value is -1.88. The van der Waals surface area contributed by atoms with Gasteiger partial charge < -0.3 is 18.9 Å². The fourth-order valence-electron chi connectivity index (χ4n) is 2.82. The van der Waals surface area contributed by atoms with Crippen molar-refractivity contribution in [3.63, 3.8) is 0 Å². The van der Waals surface area contributed by atoms with Gasteiger partial charge in [-0.1, -0.05) is 0 Å². The number of halogens is 4. The maximum Gasteiger partial charge on any atom is 0.495 e. The van der Waals surface area contributed by atoms with Crippen LogP contribution in [0.15, 0.2) is 12.3 Å². The number of rotatable bonds is 5. The Morgan fingerprint density at radius 3 is 2.19 bits per heavy atom. The van der Waals surface area contributed by atoms with Gasteiger partial charge in [-0.3, -0.25) is 0 Å². The van der Waals surface area contributed by atoms with E-state index in [-0.39, 0.29) is 12.0 Å². The zero-order valence-corrected chi connectivity index (χ0v) is 18.9. The molecular formula is C20H29BF4N2O4. The predicted octanol–water partition coefficient (Wildman–Crippen LogP) is 4.21. The van der Waals surface area contributed by atoms with Gasteiger partial charge in [0.1, 0.15) is 5.60 Å². The molecule has 1 aromatic rings. The number of hydrogen-bond donors (Lipinski definition) is 0. The third kappa shape index (κ3) is 6.80. The van der Waals surface area contributed by atoms with E-state index in [1.54, 1.807) is 20.8 Å². The average Bonchev–Trinajstić information content (AvgIpc) is 2.77. The molecule has 0 N–H and O–H groups in total. The molecule has 2 rings (SSSR count). The number of amides is 1. The lowest BCUT2D eigenvalue weighted by molar-refractivity contribution is -0.137. The molecule has 0 bridgehead atoms. The van der Waals surface area contributed by atoms with E-state index in [1.165, 1.54) is 6.20 Å². The van der Waals surface area contributed by atoms with Crippen LogP contribution in [-0.2, 0) is 20.6 Å². The number of ether oxygens (including phenoxy) is 1. The molecule has 1 saturated heterocycles. The van der Waals surface area contributed by atoms with Crippen molar-refractivity contribution in [1.82, 2.24) is 9.88 Å². The maximum atomic E-state index is 13.9. The van der Waals surface area contributed by atoms with Crippen LogP contribution in [0.25, 0.3) is 0 Å². The van der Waals surface area contributed by atoms with Crippen molar-refractivity contribution in [2.45, 2.75) is 84.4 Å². The van der Waals surface area contributed by atoms with E-state index in [0.29, 0.717) is 5.56 Å². The molecule has 2 heterocycles. The first-order chi connectivity index (χ1) is 13.9. The lowest BCUT2D eigenvalue weighted by Gasteiger charge is -2.32. The van der Waals surface area contributed by atoms with Crippen molar-refractivity contribution in [3.8, 4) is 0 Å². The van der Waals surface area contributed by atoms with Gasteiger partial charge in [0.25, 0.3) is 0 Å². The van der Waals surface area contributed by atoms with Crippen molar-refractivity contribution in [1.29, 1.82) is 0 Å². The van der Waals surface area contributed by atoms with Gasteiger partial charge in [0, 0.05) is 12.7 Å². The van der Waals surface area contributed by atoms with Crippen LogP contribution in [0.5, 0.6) is 0 Å². The Balaban J connectivity index is 2.35. The van der Waals surface area contributed by atoms with Crippen LogP contribution in [0, 0.1) is 5.95 Å². The lowest BCUT2D eigenvalue weighted by atomic mass is 9.76. The zero-order chi connectivity index (χ0) is 23.8. The number of carbonyl (C=O) groups excluding carboxylic acids is 1. The van der Waals surface area contributed by atoms with E-state index >= 15 is 0 Å². The minimum atomic E-state index is -4.46.